The molecule has 1 aromatic carbocycles. The number of benzene rings is 1. The summed E-state index contributed by atoms with van der Waals surface area (Å²) in [5, 5.41) is 4.01. The lowest BCUT2D eigenvalue weighted by Gasteiger charge is -2.22. The highest BCUT2D eigenvalue weighted by atomic mass is 35.5. The van der Waals surface area contributed by atoms with Gasteiger partial charge in [-0.25, -0.2) is 0 Å². The lowest BCUT2D eigenvalue weighted by atomic mass is 10.1. The Balaban J connectivity index is 2.33. The smallest absolute Gasteiger partial charge is 0.275 e. The third-order valence-corrected chi connectivity index (χ3v) is 3.19. The molecule has 0 bridgehead atoms. The van der Waals surface area contributed by atoms with Gasteiger partial charge in [-0.15, -0.1) is 0 Å². The summed E-state index contributed by atoms with van der Waals surface area (Å²) in [6.45, 7) is 7.49. The number of amides is 1. The number of nitrogens with one attached hydrogen (secondary N) is 2. The average Bonchev–Trinajstić information content (AvgIpc) is 2.29. The van der Waals surface area contributed by atoms with Crippen LogP contribution < -0.4 is 15.0 Å². The van der Waals surface area contributed by atoms with Crippen molar-refractivity contribution in [1.82, 2.24) is 5.32 Å². The fourth-order valence-corrected chi connectivity index (χ4v) is 2.22. The van der Waals surface area contributed by atoms with Gasteiger partial charge >= 0.3 is 0 Å². The van der Waals surface area contributed by atoms with E-state index in [-0.39, 0.29) is 11.4 Å². The van der Waals surface area contributed by atoms with Crippen LogP contribution in [-0.2, 0) is 4.79 Å². The summed E-state index contributed by atoms with van der Waals surface area (Å²) < 4.78 is 5.60. The van der Waals surface area contributed by atoms with Crippen LogP contribution in [-0.4, -0.2) is 38.2 Å². The Morgan fingerprint density at radius 2 is 2.00 bits per heavy atom. The van der Waals surface area contributed by atoms with Crippen molar-refractivity contribution < 1.29 is 14.4 Å². The standard InChI is InChI=1S/C15H22Cl2N2O2/c1-15(2,3)18-14(20)10-19(4)7-8-21-13-6-5-11(16)9-12(13)17/h5-6,9H,7-8,10H2,1-4H3,(H,18,20)/p+1. The topological polar surface area (TPSA) is 42.8 Å². The van der Waals surface area contributed by atoms with Gasteiger partial charge in [-0.05, 0) is 39.0 Å². The minimum Gasteiger partial charge on any atom is -0.486 e. The molecular formula is C15H23Cl2N2O2+. The molecule has 0 saturated carbocycles. The zero-order valence-corrected chi connectivity index (χ0v) is 14.4. The third-order valence-electron chi connectivity index (χ3n) is 2.66. The summed E-state index contributed by atoms with van der Waals surface area (Å²) in [5.41, 5.74) is -0.204. The van der Waals surface area contributed by atoms with Gasteiger partial charge in [-0.2, -0.15) is 0 Å². The molecule has 0 aliphatic rings. The molecule has 0 saturated heterocycles. The highest BCUT2D eigenvalue weighted by molar-refractivity contribution is 6.35. The van der Waals surface area contributed by atoms with Crippen LogP contribution in [0.15, 0.2) is 18.2 Å². The molecule has 1 unspecified atom stereocenters. The highest BCUT2D eigenvalue weighted by Gasteiger charge is 2.17. The SMILES string of the molecule is C[NH+](CCOc1ccc(Cl)cc1Cl)CC(=O)NC(C)(C)C. The minimum atomic E-state index is -0.204. The van der Waals surface area contributed by atoms with E-state index in [1.165, 1.54) is 0 Å². The minimum absolute atomic E-state index is 0.0320. The Bertz CT molecular complexity index is 487. The molecule has 0 aliphatic carbocycles. The summed E-state index contributed by atoms with van der Waals surface area (Å²) in [4.78, 5) is 12.9. The van der Waals surface area contributed by atoms with Gasteiger partial charge in [0.1, 0.15) is 18.9 Å². The van der Waals surface area contributed by atoms with Crippen LogP contribution in [0.4, 0.5) is 0 Å². The molecule has 4 nitrogen and oxygen atoms in total. The Morgan fingerprint density at radius 3 is 2.57 bits per heavy atom. The fraction of sp³-hybridized carbons (Fsp3) is 0.533. The average molecular weight is 334 g/mol. The second-order valence-electron chi connectivity index (χ2n) is 6.11. The number of halogens is 2. The van der Waals surface area contributed by atoms with Crippen molar-refractivity contribution in [2.24, 2.45) is 0 Å². The molecule has 118 valence electrons. The summed E-state index contributed by atoms with van der Waals surface area (Å²) in [6, 6.07) is 5.12. The molecule has 0 fully saturated rings. The van der Waals surface area contributed by atoms with Crippen LogP contribution >= 0.6 is 23.2 Å². The second kappa shape index (κ2) is 7.87. The maximum atomic E-state index is 11.8. The van der Waals surface area contributed by atoms with Gasteiger partial charge in [0.25, 0.3) is 5.91 Å². The zero-order chi connectivity index (χ0) is 16.0. The number of rotatable bonds is 6. The van der Waals surface area contributed by atoms with Gasteiger partial charge in [-0.3, -0.25) is 4.79 Å². The molecule has 0 aromatic heterocycles. The molecule has 0 heterocycles. The maximum Gasteiger partial charge on any atom is 0.275 e. The normalized spacial score (nSPS) is 12.9. The molecular weight excluding hydrogens is 311 g/mol. The number of carbonyl (C=O) groups is 1. The van der Waals surface area contributed by atoms with E-state index in [9.17, 15) is 4.79 Å². The van der Waals surface area contributed by atoms with Crippen LogP contribution in [0.2, 0.25) is 10.0 Å². The largest absolute Gasteiger partial charge is 0.486 e. The van der Waals surface area contributed by atoms with Gasteiger partial charge in [0.2, 0.25) is 0 Å². The molecule has 0 spiro atoms. The molecule has 1 rings (SSSR count). The van der Waals surface area contributed by atoms with E-state index in [1.54, 1.807) is 18.2 Å². The second-order valence-corrected chi connectivity index (χ2v) is 6.95. The number of hydrogen-bond donors (Lipinski definition) is 2. The van der Waals surface area contributed by atoms with Crippen LogP contribution in [0.25, 0.3) is 0 Å². The number of quaternary nitrogens is 1. The first-order chi connectivity index (χ1) is 9.67. The Labute approximate surface area is 136 Å². The Hall–Kier alpha value is -0.970. The van der Waals surface area contributed by atoms with Crippen molar-refractivity contribution in [3.63, 3.8) is 0 Å². The van der Waals surface area contributed by atoms with Gasteiger partial charge in [0, 0.05) is 10.6 Å². The summed E-state index contributed by atoms with van der Waals surface area (Å²) in [6.07, 6.45) is 0. The van der Waals surface area contributed by atoms with Crippen LogP contribution in [0, 0.1) is 0 Å². The summed E-state index contributed by atoms with van der Waals surface area (Å²) in [7, 11) is 1.95. The molecule has 0 radical (unpaired) electrons. The lowest BCUT2D eigenvalue weighted by molar-refractivity contribution is -0.871. The molecule has 1 atom stereocenters. The summed E-state index contributed by atoms with van der Waals surface area (Å²) in [5.74, 6) is 0.637. The molecule has 1 amide bonds. The quantitative estimate of drug-likeness (QED) is 0.833. The molecule has 21 heavy (non-hydrogen) atoms. The van der Waals surface area contributed by atoms with Gasteiger partial charge in [-0.1, -0.05) is 23.2 Å². The van der Waals surface area contributed by atoms with Crippen molar-refractivity contribution >= 4 is 29.1 Å². The van der Waals surface area contributed by atoms with Crippen molar-refractivity contribution in [2.45, 2.75) is 26.3 Å². The lowest BCUT2D eigenvalue weighted by Crippen LogP contribution is -3.11. The van der Waals surface area contributed by atoms with E-state index in [0.29, 0.717) is 35.5 Å². The van der Waals surface area contributed by atoms with Crippen LogP contribution in [0.1, 0.15) is 20.8 Å². The van der Waals surface area contributed by atoms with Crippen LogP contribution in [0.3, 0.4) is 0 Å². The molecule has 0 aliphatic heterocycles. The Kier molecular flexibility index (Phi) is 6.78. The third kappa shape index (κ3) is 7.55. The fourth-order valence-electron chi connectivity index (χ4n) is 1.75. The first-order valence-corrected chi connectivity index (χ1v) is 7.63. The maximum absolute atomic E-state index is 11.8. The van der Waals surface area contributed by atoms with E-state index >= 15 is 0 Å². The Morgan fingerprint density at radius 1 is 1.33 bits per heavy atom. The predicted molar refractivity (Wildman–Crippen MR) is 86.5 cm³/mol. The highest BCUT2D eigenvalue weighted by Crippen LogP contribution is 2.27. The van der Waals surface area contributed by atoms with E-state index in [0.717, 1.165) is 4.90 Å². The van der Waals surface area contributed by atoms with Crippen molar-refractivity contribution in [3.05, 3.63) is 28.2 Å². The summed E-state index contributed by atoms with van der Waals surface area (Å²) >= 11 is 11.8. The van der Waals surface area contributed by atoms with Crippen molar-refractivity contribution in [2.75, 3.05) is 26.7 Å². The van der Waals surface area contributed by atoms with Crippen LogP contribution in [0.5, 0.6) is 5.75 Å². The van der Waals surface area contributed by atoms with Gasteiger partial charge in [0.15, 0.2) is 6.54 Å². The number of carbonyl (C=O) groups excluding carboxylic acids is 1. The van der Waals surface area contributed by atoms with Crippen molar-refractivity contribution in [3.8, 4) is 5.75 Å². The predicted octanol–water partition coefficient (Wildman–Crippen LogP) is 1.80. The zero-order valence-electron chi connectivity index (χ0n) is 12.9. The van der Waals surface area contributed by atoms with E-state index in [4.69, 9.17) is 27.9 Å². The van der Waals surface area contributed by atoms with E-state index < -0.39 is 0 Å². The monoisotopic (exact) mass is 333 g/mol. The van der Waals surface area contributed by atoms with E-state index in [2.05, 4.69) is 5.32 Å². The van der Waals surface area contributed by atoms with Gasteiger partial charge in [0.05, 0.1) is 12.1 Å². The molecule has 2 N–H and O–H groups in total. The molecule has 1 aromatic rings. The number of likely N-dealkylation sites (N-methyl/N-ethyl adjacent to an activating group) is 1. The number of hydrogen-bond acceptors (Lipinski definition) is 2. The van der Waals surface area contributed by atoms with Gasteiger partial charge < -0.3 is 15.0 Å². The molecule has 6 heteroatoms. The first kappa shape index (κ1) is 18.1. The first-order valence-electron chi connectivity index (χ1n) is 6.87. The van der Waals surface area contributed by atoms with Crippen molar-refractivity contribution in [1.29, 1.82) is 0 Å². The number of ether oxygens (including phenoxy) is 1. The van der Waals surface area contributed by atoms with E-state index in [1.807, 2.05) is 27.8 Å².